The number of rotatable bonds is 3. The number of likely N-dealkylation sites (tertiary alicyclic amines) is 1. The van der Waals surface area contributed by atoms with Crippen LogP contribution in [0.3, 0.4) is 0 Å². The maximum Gasteiger partial charge on any atom is 0.322 e. The number of methoxy groups -OCH3 is 1. The van der Waals surface area contributed by atoms with E-state index in [1.165, 1.54) is 6.42 Å². The molecule has 0 aromatic heterocycles. The highest BCUT2D eigenvalue weighted by atomic mass is 16.5. The number of benzene rings is 1. The Morgan fingerprint density at radius 1 is 1.33 bits per heavy atom. The van der Waals surface area contributed by atoms with Crippen LogP contribution in [0.4, 0.5) is 16.2 Å². The van der Waals surface area contributed by atoms with Crippen molar-refractivity contribution in [2.24, 2.45) is 5.92 Å². The molecule has 1 aromatic carbocycles. The fraction of sp³-hybridized carbons (Fsp3) is 0.556. The summed E-state index contributed by atoms with van der Waals surface area (Å²) >= 11 is 0. The number of carbonyl (C=O) groups is 2. The van der Waals surface area contributed by atoms with Crippen molar-refractivity contribution in [3.8, 4) is 5.75 Å². The smallest absolute Gasteiger partial charge is 0.322 e. The summed E-state index contributed by atoms with van der Waals surface area (Å²) in [6.07, 6.45) is 4.93. The fourth-order valence-corrected chi connectivity index (χ4v) is 4.25. The number of urea groups is 1. The zero-order valence-electron chi connectivity index (χ0n) is 14.0. The first-order valence-electron chi connectivity index (χ1n) is 8.71. The molecule has 3 aliphatic rings. The minimum absolute atomic E-state index is 0.0361. The van der Waals surface area contributed by atoms with Crippen LogP contribution in [0.15, 0.2) is 18.2 Å². The van der Waals surface area contributed by atoms with Gasteiger partial charge in [-0.2, -0.15) is 0 Å². The van der Waals surface area contributed by atoms with Gasteiger partial charge >= 0.3 is 6.03 Å². The van der Waals surface area contributed by atoms with E-state index in [2.05, 4.69) is 5.32 Å². The molecule has 1 saturated carbocycles. The standard InChI is InChI=1S/C18H23N3O3/c1-24-16-7-5-13(10-15(16)20-8-2-3-17(20)22)19-18(23)21-11-12-4-6-14(21)9-12/h5,7,10,12,14H,2-4,6,8-9,11H2,1H3,(H,19,23). The third-order valence-corrected chi connectivity index (χ3v) is 5.46. The second-order valence-corrected chi connectivity index (χ2v) is 6.95. The van der Waals surface area contributed by atoms with Gasteiger partial charge in [-0.1, -0.05) is 0 Å². The number of ether oxygens (including phenoxy) is 1. The van der Waals surface area contributed by atoms with Crippen LogP contribution in [-0.2, 0) is 4.79 Å². The van der Waals surface area contributed by atoms with Gasteiger partial charge in [-0.05, 0) is 49.8 Å². The van der Waals surface area contributed by atoms with Crippen LogP contribution in [-0.4, -0.2) is 43.1 Å². The summed E-state index contributed by atoms with van der Waals surface area (Å²) in [6, 6.07) is 5.84. The first kappa shape index (κ1) is 15.3. The van der Waals surface area contributed by atoms with Crippen molar-refractivity contribution in [3.63, 3.8) is 0 Å². The number of carbonyl (C=O) groups excluding carboxylic acids is 2. The molecule has 24 heavy (non-hydrogen) atoms. The van der Waals surface area contributed by atoms with Crippen molar-refractivity contribution in [2.45, 2.75) is 38.1 Å². The van der Waals surface area contributed by atoms with E-state index in [4.69, 9.17) is 4.74 Å². The van der Waals surface area contributed by atoms with E-state index in [-0.39, 0.29) is 11.9 Å². The summed E-state index contributed by atoms with van der Waals surface area (Å²) in [5.74, 6) is 1.44. The van der Waals surface area contributed by atoms with Gasteiger partial charge in [-0.25, -0.2) is 4.79 Å². The molecule has 1 N–H and O–H groups in total. The van der Waals surface area contributed by atoms with Crippen molar-refractivity contribution >= 4 is 23.3 Å². The number of amides is 3. The Morgan fingerprint density at radius 3 is 2.83 bits per heavy atom. The monoisotopic (exact) mass is 329 g/mol. The SMILES string of the molecule is COc1ccc(NC(=O)N2CC3CCC2C3)cc1N1CCCC1=O. The molecule has 3 fully saturated rings. The second-order valence-electron chi connectivity index (χ2n) is 6.95. The molecule has 1 aromatic rings. The molecule has 2 aliphatic heterocycles. The maximum absolute atomic E-state index is 12.6. The number of nitrogens with one attached hydrogen (secondary N) is 1. The van der Waals surface area contributed by atoms with Crippen LogP contribution >= 0.6 is 0 Å². The summed E-state index contributed by atoms with van der Waals surface area (Å²) in [4.78, 5) is 28.3. The highest BCUT2D eigenvalue weighted by Crippen LogP contribution is 2.38. The van der Waals surface area contributed by atoms with Crippen molar-refractivity contribution in [2.75, 3.05) is 30.4 Å². The predicted octanol–water partition coefficient (Wildman–Crippen LogP) is 2.84. The van der Waals surface area contributed by atoms with Gasteiger partial charge in [0.05, 0.1) is 12.8 Å². The van der Waals surface area contributed by atoms with Crippen LogP contribution in [0.5, 0.6) is 5.75 Å². The molecule has 6 nitrogen and oxygen atoms in total. The minimum atomic E-state index is -0.0361. The summed E-state index contributed by atoms with van der Waals surface area (Å²) in [7, 11) is 1.60. The lowest BCUT2D eigenvalue weighted by molar-refractivity contribution is -0.117. The number of hydrogen-bond acceptors (Lipinski definition) is 3. The molecule has 2 unspecified atom stereocenters. The minimum Gasteiger partial charge on any atom is -0.495 e. The second kappa shape index (κ2) is 6.00. The van der Waals surface area contributed by atoms with Crippen molar-refractivity contribution < 1.29 is 14.3 Å². The predicted molar refractivity (Wildman–Crippen MR) is 91.4 cm³/mol. The third kappa shape index (κ3) is 2.60. The molecule has 4 rings (SSSR count). The fourth-order valence-electron chi connectivity index (χ4n) is 4.25. The normalized spacial score (nSPS) is 25.5. The average molecular weight is 329 g/mol. The van der Waals surface area contributed by atoms with Gasteiger partial charge in [0.1, 0.15) is 5.75 Å². The topological polar surface area (TPSA) is 61.9 Å². The Labute approximate surface area is 141 Å². The van der Waals surface area contributed by atoms with E-state index in [1.54, 1.807) is 12.0 Å². The van der Waals surface area contributed by atoms with Crippen LogP contribution in [0.2, 0.25) is 0 Å². The van der Waals surface area contributed by atoms with E-state index in [9.17, 15) is 9.59 Å². The lowest BCUT2D eigenvalue weighted by Crippen LogP contribution is -2.40. The largest absolute Gasteiger partial charge is 0.495 e. The van der Waals surface area contributed by atoms with Gasteiger partial charge in [-0.3, -0.25) is 4.79 Å². The van der Waals surface area contributed by atoms with Crippen molar-refractivity contribution in [1.29, 1.82) is 0 Å². The van der Waals surface area contributed by atoms with Crippen molar-refractivity contribution in [1.82, 2.24) is 4.90 Å². The highest BCUT2D eigenvalue weighted by molar-refractivity contribution is 5.98. The van der Waals surface area contributed by atoms with Crippen LogP contribution in [0.1, 0.15) is 32.1 Å². The van der Waals surface area contributed by atoms with Gasteiger partial charge in [0, 0.05) is 31.2 Å². The molecule has 6 heteroatoms. The number of fused-ring (bicyclic) bond motifs is 2. The number of nitrogens with zero attached hydrogens (tertiary/aromatic N) is 2. The van der Waals surface area contributed by atoms with Gasteiger partial charge in [0.15, 0.2) is 0 Å². The molecule has 0 radical (unpaired) electrons. The Morgan fingerprint density at radius 2 is 2.21 bits per heavy atom. The Bertz CT molecular complexity index is 675. The summed E-state index contributed by atoms with van der Waals surface area (Å²) in [5, 5.41) is 2.99. The van der Waals surface area contributed by atoms with E-state index >= 15 is 0 Å². The van der Waals surface area contributed by atoms with Crippen LogP contribution in [0.25, 0.3) is 0 Å². The van der Waals surface area contributed by atoms with Crippen LogP contribution in [0, 0.1) is 5.92 Å². The molecule has 1 aliphatic carbocycles. The summed E-state index contributed by atoms with van der Waals surface area (Å²) in [6.45, 7) is 1.56. The Balaban J connectivity index is 1.53. The van der Waals surface area contributed by atoms with E-state index in [0.29, 0.717) is 36.4 Å². The average Bonchev–Trinajstić information content (AvgIpc) is 3.31. The van der Waals surface area contributed by atoms with E-state index < -0.39 is 0 Å². The number of hydrogen-bond donors (Lipinski definition) is 1. The van der Waals surface area contributed by atoms with Gasteiger partial charge in [0.2, 0.25) is 5.91 Å². The van der Waals surface area contributed by atoms with Gasteiger partial charge < -0.3 is 19.9 Å². The molecule has 2 heterocycles. The van der Waals surface area contributed by atoms with Crippen LogP contribution < -0.4 is 15.0 Å². The van der Waals surface area contributed by atoms with E-state index in [1.807, 2.05) is 23.1 Å². The number of piperidine rings is 1. The first-order chi connectivity index (χ1) is 11.7. The lowest BCUT2D eigenvalue weighted by atomic mass is 10.1. The van der Waals surface area contributed by atoms with Gasteiger partial charge in [-0.15, -0.1) is 0 Å². The Kier molecular flexibility index (Phi) is 3.82. The third-order valence-electron chi connectivity index (χ3n) is 5.46. The molecule has 2 saturated heterocycles. The quantitative estimate of drug-likeness (QED) is 0.927. The zero-order chi connectivity index (χ0) is 16.7. The van der Waals surface area contributed by atoms with Crippen molar-refractivity contribution in [3.05, 3.63) is 18.2 Å². The molecule has 2 atom stereocenters. The molecule has 0 spiro atoms. The lowest BCUT2D eigenvalue weighted by Gasteiger charge is -2.27. The summed E-state index contributed by atoms with van der Waals surface area (Å²) < 4.78 is 5.39. The molecule has 3 amide bonds. The first-order valence-corrected chi connectivity index (χ1v) is 8.71. The number of anilines is 2. The highest BCUT2D eigenvalue weighted by Gasteiger charge is 2.40. The molecule has 2 bridgehead atoms. The van der Waals surface area contributed by atoms with E-state index in [0.717, 1.165) is 31.5 Å². The maximum atomic E-state index is 12.6. The molecular weight excluding hydrogens is 306 g/mol. The summed E-state index contributed by atoms with van der Waals surface area (Å²) in [5.41, 5.74) is 1.44. The molecular formula is C18H23N3O3. The molecule has 128 valence electrons. The Hall–Kier alpha value is -2.24. The van der Waals surface area contributed by atoms with Gasteiger partial charge in [0.25, 0.3) is 0 Å². The zero-order valence-corrected chi connectivity index (χ0v) is 14.0.